The Morgan fingerprint density at radius 2 is 1.90 bits per heavy atom. The van der Waals surface area contributed by atoms with E-state index < -0.39 is 5.91 Å². The number of nitrogens with zero attached hydrogens (tertiary/aromatic N) is 2. The number of amides is 1. The van der Waals surface area contributed by atoms with Gasteiger partial charge in [0.15, 0.2) is 0 Å². The summed E-state index contributed by atoms with van der Waals surface area (Å²) >= 11 is 0. The number of benzene rings is 2. The Labute approximate surface area is 180 Å². The number of aromatic nitrogens is 1. The predicted molar refractivity (Wildman–Crippen MR) is 118 cm³/mol. The van der Waals surface area contributed by atoms with Crippen molar-refractivity contribution < 1.29 is 14.3 Å². The van der Waals surface area contributed by atoms with E-state index in [1.165, 1.54) is 0 Å². The number of primary amides is 1. The molecule has 0 spiro atoms. The number of rotatable bonds is 4. The molecule has 5 rings (SSSR count). The van der Waals surface area contributed by atoms with Gasteiger partial charge >= 0.3 is 0 Å². The highest BCUT2D eigenvalue weighted by molar-refractivity contribution is 5.98. The molecule has 1 unspecified atom stereocenters. The standard InChI is InChI=1S/C25H23N3O3/c26-25(29)22-15-23(16-5-2-1-3-6-16)27-24-20-9-8-19(13-17(20)14-21(22)24)28(30)18-7-4-11-31-12-10-18/h1-3,5-6,8-9,13,15,18H,4,7,10-12,14H2,(H-,26,29)/p+1. The Morgan fingerprint density at radius 1 is 1.06 bits per heavy atom. The molecule has 0 saturated carbocycles. The van der Waals surface area contributed by atoms with E-state index in [9.17, 15) is 9.70 Å². The zero-order valence-electron chi connectivity index (χ0n) is 17.2. The maximum Gasteiger partial charge on any atom is 0.256 e. The van der Waals surface area contributed by atoms with E-state index in [0.717, 1.165) is 58.6 Å². The lowest BCUT2D eigenvalue weighted by Crippen LogP contribution is -2.20. The summed E-state index contributed by atoms with van der Waals surface area (Å²) < 4.78 is 6.61. The van der Waals surface area contributed by atoms with Crippen LogP contribution in [0.4, 0.5) is 5.69 Å². The lowest BCUT2D eigenvalue weighted by Gasteiger charge is -2.09. The number of carbonyl (C=O) groups excluding carboxylic acids is 1. The molecule has 1 aliphatic carbocycles. The first kappa shape index (κ1) is 19.6. The van der Waals surface area contributed by atoms with Crippen molar-refractivity contribution in [2.45, 2.75) is 31.7 Å². The van der Waals surface area contributed by atoms with Gasteiger partial charge in [0.1, 0.15) is 0 Å². The first-order chi connectivity index (χ1) is 15.1. The summed E-state index contributed by atoms with van der Waals surface area (Å²) in [6.07, 6.45) is 3.00. The molecule has 6 nitrogen and oxygen atoms in total. The van der Waals surface area contributed by atoms with Crippen molar-refractivity contribution >= 4 is 11.6 Å². The van der Waals surface area contributed by atoms with Gasteiger partial charge in [-0.25, -0.2) is 4.98 Å². The second-order valence-corrected chi connectivity index (χ2v) is 8.15. The minimum absolute atomic E-state index is 0.0756. The SMILES string of the molecule is NC(=O)c1cc(-c2ccccc2)nc2c1Cc1cc([N+](=O)C3CCCOCC3)ccc1-2. The summed E-state index contributed by atoms with van der Waals surface area (Å²) in [5.74, 6) is -0.465. The van der Waals surface area contributed by atoms with E-state index in [2.05, 4.69) is 0 Å². The summed E-state index contributed by atoms with van der Waals surface area (Å²) in [7, 11) is 0. The van der Waals surface area contributed by atoms with Gasteiger partial charge < -0.3 is 10.5 Å². The maximum absolute atomic E-state index is 13.0. The average molecular weight is 414 g/mol. The van der Waals surface area contributed by atoms with Crippen LogP contribution in [0.5, 0.6) is 0 Å². The molecule has 1 amide bonds. The van der Waals surface area contributed by atoms with Crippen molar-refractivity contribution in [2.24, 2.45) is 5.73 Å². The van der Waals surface area contributed by atoms with Gasteiger partial charge in [-0.1, -0.05) is 30.3 Å². The fraction of sp³-hybridized carbons (Fsp3) is 0.280. The highest BCUT2D eigenvalue weighted by atomic mass is 16.5. The van der Waals surface area contributed by atoms with Gasteiger partial charge in [0.2, 0.25) is 11.9 Å². The zero-order valence-corrected chi connectivity index (χ0v) is 17.2. The van der Waals surface area contributed by atoms with Crippen LogP contribution in [-0.2, 0) is 11.2 Å². The molecule has 1 fully saturated rings. The smallest absolute Gasteiger partial charge is 0.256 e. The Bertz CT molecular complexity index is 1170. The summed E-state index contributed by atoms with van der Waals surface area (Å²) in [4.78, 5) is 30.1. The Morgan fingerprint density at radius 3 is 2.71 bits per heavy atom. The van der Waals surface area contributed by atoms with E-state index in [1.807, 2.05) is 48.5 Å². The molecule has 0 radical (unpaired) electrons. The second-order valence-electron chi connectivity index (χ2n) is 8.15. The van der Waals surface area contributed by atoms with Crippen LogP contribution in [0.15, 0.2) is 54.6 Å². The Kier molecular flexibility index (Phi) is 5.08. The number of nitrogens with two attached hydrogens (primary N) is 1. The quantitative estimate of drug-likeness (QED) is 0.502. The molecule has 3 aromatic rings. The van der Waals surface area contributed by atoms with E-state index in [0.29, 0.717) is 30.0 Å². The largest absolute Gasteiger partial charge is 0.381 e. The Hall–Kier alpha value is -3.38. The monoisotopic (exact) mass is 414 g/mol. The van der Waals surface area contributed by atoms with Gasteiger partial charge in [-0.2, -0.15) is 0 Å². The summed E-state index contributed by atoms with van der Waals surface area (Å²) in [6.45, 7) is 1.34. The number of nitroso groups, excluding NO2 is 1. The molecule has 1 aromatic heterocycles. The molecule has 2 N–H and O–H groups in total. The van der Waals surface area contributed by atoms with Crippen LogP contribution in [0.3, 0.4) is 0 Å². The molecule has 1 aliphatic heterocycles. The Balaban J connectivity index is 1.54. The molecule has 1 atom stereocenters. The predicted octanol–water partition coefficient (Wildman–Crippen LogP) is 4.40. The van der Waals surface area contributed by atoms with E-state index >= 15 is 0 Å². The number of hydrogen-bond acceptors (Lipinski definition) is 4. The molecule has 0 bridgehead atoms. The molecule has 2 aliphatic rings. The second kappa shape index (κ2) is 8.04. The normalized spacial score (nSPS) is 17.5. The van der Waals surface area contributed by atoms with Crippen LogP contribution in [-0.4, -0.2) is 34.9 Å². The van der Waals surface area contributed by atoms with Crippen LogP contribution in [0, 0.1) is 4.91 Å². The molecule has 31 heavy (non-hydrogen) atoms. The first-order valence-corrected chi connectivity index (χ1v) is 10.7. The van der Waals surface area contributed by atoms with Crippen molar-refractivity contribution in [3.63, 3.8) is 0 Å². The van der Waals surface area contributed by atoms with E-state index in [-0.39, 0.29) is 6.04 Å². The molecule has 1 saturated heterocycles. The maximum atomic E-state index is 13.0. The highest BCUT2D eigenvalue weighted by Gasteiger charge is 2.32. The van der Waals surface area contributed by atoms with Gasteiger partial charge in [-0.3, -0.25) is 4.79 Å². The van der Waals surface area contributed by atoms with Crippen LogP contribution in [0.25, 0.3) is 22.5 Å². The van der Waals surface area contributed by atoms with E-state index in [1.54, 1.807) is 6.07 Å². The van der Waals surface area contributed by atoms with Crippen LogP contribution < -0.4 is 5.73 Å². The van der Waals surface area contributed by atoms with Gasteiger partial charge in [0.25, 0.3) is 5.69 Å². The summed E-state index contributed by atoms with van der Waals surface area (Å²) in [6, 6.07) is 17.2. The molecule has 6 heteroatoms. The number of fused-ring (bicyclic) bond motifs is 3. The molecule has 156 valence electrons. The van der Waals surface area contributed by atoms with Crippen LogP contribution in [0.2, 0.25) is 0 Å². The topological polar surface area (TPSA) is 85.3 Å². The molecular formula is C25H24N3O3+. The zero-order chi connectivity index (χ0) is 21.4. The fourth-order valence-electron chi connectivity index (χ4n) is 4.57. The van der Waals surface area contributed by atoms with Gasteiger partial charge in [0, 0.05) is 64.4 Å². The van der Waals surface area contributed by atoms with Crippen molar-refractivity contribution in [1.82, 2.24) is 4.98 Å². The summed E-state index contributed by atoms with van der Waals surface area (Å²) in [5, 5.41) is 0. The molecular weight excluding hydrogens is 390 g/mol. The van der Waals surface area contributed by atoms with Gasteiger partial charge in [-0.15, -0.1) is 0 Å². The number of hydrogen-bond donors (Lipinski definition) is 1. The van der Waals surface area contributed by atoms with Crippen molar-refractivity contribution in [2.75, 3.05) is 13.2 Å². The van der Waals surface area contributed by atoms with Crippen molar-refractivity contribution in [3.8, 4) is 22.5 Å². The number of pyridine rings is 1. The fourth-order valence-corrected chi connectivity index (χ4v) is 4.57. The third-order valence-electron chi connectivity index (χ3n) is 6.18. The van der Waals surface area contributed by atoms with Gasteiger partial charge in [0.05, 0.1) is 18.0 Å². The molecule has 2 heterocycles. The lowest BCUT2D eigenvalue weighted by molar-refractivity contribution is -0.508. The summed E-state index contributed by atoms with van der Waals surface area (Å²) in [5.41, 5.74) is 12.1. The minimum Gasteiger partial charge on any atom is -0.381 e. The number of carbonyl (C=O) groups is 1. The third-order valence-corrected chi connectivity index (χ3v) is 6.18. The van der Waals surface area contributed by atoms with Crippen LogP contribution >= 0.6 is 0 Å². The number of ether oxygens (including phenoxy) is 1. The third kappa shape index (κ3) is 3.64. The minimum atomic E-state index is -0.465. The van der Waals surface area contributed by atoms with E-state index in [4.69, 9.17) is 15.5 Å². The highest BCUT2D eigenvalue weighted by Crippen LogP contribution is 2.40. The first-order valence-electron chi connectivity index (χ1n) is 10.7. The van der Waals surface area contributed by atoms with Gasteiger partial charge in [-0.05, 0) is 29.7 Å². The van der Waals surface area contributed by atoms with Crippen LogP contribution in [0.1, 0.15) is 40.7 Å². The molecule has 2 aromatic carbocycles. The van der Waals surface area contributed by atoms with Crippen molar-refractivity contribution in [3.05, 3.63) is 76.2 Å². The lowest BCUT2D eigenvalue weighted by atomic mass is 10.0. The van der Waals surface area contributed by atoms with Crippen molar-refractivity contribution in [1.29, 1.82) is 0 Å². The average Bonchev–Trinajstić information content (AvgIpc) is 2.96.